The van der Waals surface area contributed by atoms with Crippen molar-refractivity contribution in [1.29, 1.82) is 0 Å². The van der Waals surface area contributed by atoms with Crippen LogP contribution in [0.2, 0.25) is 0 Å². The summed E-state index contributed by atoms with van der Waals surface area (Å²) in [6, 6.07) is 0. The van der Waals surface area contributed by atoms with Crippen molar-refractivity contribution in [2.45, 2.75) is 65.7 Å². The maximum atomic E-state index is 11.7. The van der Waals surface area contributed by atoms with E-state index >= 15 is 0 Å². The van der Waals surface area contributed by atoms with Crippen LogP contribution in [0.1, 0.15) is 65.7 Å². The monoisotopic (exact) mass is 208 g/mol. The Bertz CT molecular complexity index is 253. The molecule has 2 aliphatic rings. The average Bonchev–Trinajstić information content (AvgIpc) is 2.57. The van der Waals surface area contributed by atoms with E-state index in [1.54, 1.807) is 0 Å². The first-order valence-corrected chi connectivity index (χ1v) is 6.46. The molecule has 0 radical (unpaired) electrons. The van der Waals surface area contributed by atoms with Gasteiger partial charge in [0, 0.05) is 12.8 Å². The number of ketones is 1. The molecule has 0 N–H and O–H groups in total. The van der Waals surface area contributed by atoms with Gasteiger partial charge < -0.3 is 0 Å². The zero-order valence-electron chi connectivity index (χ0n) is 10.4. The number of hydrogen-bond acceptors (Lipinski definition) is 1. The Morgan fingerprint density at radius 2 is 1.73 bits per heavy atom. The van der Waals surface area contributed by atoms with Crippen LogP contribution in [0.5, 0.6) is 0 Å². The highest BCUT2D eigenvalue weighted by Crippen LogP contribution is 2.57. The second-order valence-corrected chi connectivity index (χ2v) is 6.73. The first-order chi connectivity index (χ1) is 6.94. The predicted octanol–water partition coefficient (Wildman–Crippen LogP) is 3.96. The largest absolute Gasteiger partial charge is 0.300 e. The van der Waals surface area contributed by atoms with Gasteiger partial charge in [0.05, 0.1) is 0 Å². The maximum absolute atomic E-state index is 11.7. The molecule has 1 spiro atoms. The molecule has 1 unspecified atom stereocenters. The van der Waals surface area contributed by atoms with E-state index in [1.807, 2.05) is 0 Å². The zero-order valence-corrected chi connectivity index (χ0v) is 10.4. The summed E-state index contributed by atoms with van der Waals surface area (Å²) in [4.78, 5) is 11.7. The molecule has 0 heterocycles. The summed E-state index contributed by atoms with van der Waals surface area (Å²) in [5, 5.41) is 0. The molecule has 0 aromatic heterocycles. The van der Waals surface area contributed by atoms with E-state index in [2.05, 4.69) is 20.8 Å². The smallest absolute Gasteiger partial charge is 0.133 e. The van der Waals surface area contributed by atoms with Crippen LogP contribution >= 0.6 is 0 Å². The predicted molar refractivity (Wildman–Crippen MR) is 62.7 cm³/mol. The number of Topliss-reactive ketones (excluding diaryl/α,β-unsaturated/α-hetero) is 1. The van der Waals surface area contributed by atoms with Crippen LogP contribution in [0.4, 0.5) is 0 Å². The molecule has 86 valence electrons. The summed E-state index contributed by atoms with van der Waals surface area (Å²) in [6.45, 7) is 6.95. The van der Waals surface area contributed by atoms with Crippen molar-refractivity contribution >= 4 is 5.78 Å². The summed E-state index contributed by atoms with van der Waals surface area (Å²) in [5.74, 6) is 1.14. The molecule has 15 heavy (non-hydrogen) atoms. The molecule has 0 aliphatic heterocycles. The summed E-state index contributed by atoms with van der Waals surface area (Å²) >= 11 is 0. The molecule has 0 aromatic rings. The van der Waals surface area contributed by atoms with Crippen LogP contribution in [0.3, 0.4) is 0 Å². The van der Waals surface area contributed by atoms with Crippen molar-refractivity contribution in [2.24, 2.45) is 16.7 Å². The quantitative estimate of drug-likeness (QED) is 0.589. The van der Waals surface area contributed by atoms with Crippen molar-refractivity contribution in [1.82, 2.24) is 0 Å². The molecule has 0 amide bonds. The van der Waals surface area contributed by atoms with Gasteiger partial charge in [-0.1, -0.05) is 33.6 Å². The SMILES string of the molecule is CC(C)(C)C1CC(=O)CCC12CCCC2. The second kappa shape index (κ2) is 3.61. The van der Waals surface area contributed by atoms with E-state index < -0.39 is 0 Å². The van der Waals surface area contributed by atoms with Gasteiger partial charge in [0.1, 0.15) is 5.78 Å². The summed E-state index contributed by atoms with van der Waals surface area (Å²) in [7, 11) is 0. The van der Waals surface area contributed by atoms with E-state index in [0.29, 0.717) is 22.5 Å². The zero-order chi connectivity index (χ0) is 11.1. The van der Waals surface area contributed by atoms with Crippen molar-refractivity contribution in [3.8, 4) is 0 Å². The number of rotatable bonds is 0. The van der Waals surface area contributed by atoms with Crippen molar-refractivity contribution in [3.05, 3.63) is 0 Å². The van der Waals surface area contributed by atoms with Gasteiger partial charge in [0.15, 0.2) is 0 Å². The molecule has 1 atom stereocenters. The fourth-order valence-corrected chi connectivity index (χ4v) is 4.01. The minimum Gasteiger partial charge on any atom is -0.300 e. The molecule has 1 nitrogen and oxygen atoms in total. The van der Waals surface area contributed by atoms with E-state index in [0.717, 1.165) is 12.8 Å². The van der Waals surface area contributed by atoms with Gasteiger partial charge in [-0.2, -0.15) is 0 Å². The maximum Gasteiger partial charge on any atom is 0.133 e. The summed E-state index contributed by atoms with van der Waals surface area (Å²) in [6.07, 6.45) is 8.41. The van der Waals surface area contributed by atoms with Gasteiger partial charge in [-0.05, 0) is 36.0 Å². The molecular weight excluding hydrogens is 184 g/mol. The first-order valence-electron chi connectivity index (χ1n) is 6.46. The van der Waals surface area contributed by atoms with Gasteiger partial charge in [0.2, 0.25) is 0 Å². The Kier molecular flexibility index (Phi) is 2.68. The topological polar surface area (TPSA) is 17.1 Å². The van der Waals surface area contributed by atoms with Gasteiger partial charge in [-0.25, -0.2) is 0 Å². The van der Waals surface area contributed by atoms with Gasteiger partial charge in [-0.15, -0.1) is 0 Å². The van der Waals surface area contributed by atoms with Crippen molar-refractivity contribution < 1.29 is 4.79 Å². The Morgan fingerprint density at radius 1 is 1.13 bits per heavy atom. The second-order valence-electron chi connectivity index (χ2n) is 6.73. The van der Waals surface area contributed by atoms with Crippen LogP contribution in [0.25, 0.3) is 0 Å². The Morgan fingerprint density at radius 3 is 2.27 bits per heavy atom. The Labute approximate surface area is 93.6 Å². The number of carbonyl (C=O) groups is 1. The van der Waals surface area contributed by atoms with Crippen molar-refractivity contribution in [2.75, 3.05) is 0 Å². The highest BCUT2D eigenvalue weighted by molar-refractivity contribution is 5.79. The third kappa shape index (κ3) is 1.98. The van der Waals surface area contributed by atoms with E-state index in [1.165, 1.54) is 32.1 Å². The third-order valence-corrected chi connectivity index (χ3v) is 4.72. The lowest BCUT2D eigenvalue weighted by molar-refractivity contribution is -0.128. The Hall–Kier alpha value is -0.330. The molecule has 2 saturated carbocycles. The minimum atomic E-state index is 0.306. The molecule has 2 aliphatic carbocycles. The normalized spacial score (nSPS) is 31.1. The summed E-state index contributed by atoms with van der Waals surface area (Å²) < 4.78 is 0. The molecule has 0 saturated heterocycles. The summed E-state index contributed by atoms with van der Waals surface area (Å²) in [5.41, 5.74) is 0.840. The highest BCUT2D eigenvalue weighted by Gasteiger charge is 2.48. The number of carbonyl (C=O) groups excluding carboxylic acids is 1. The molecule has 2 fully saturated rings. The lowest BCUT2D eigenvalue weighted by Crippen LogP contribution is -2.42. The van der Waals surface area contributed by atoms with Crippen LogP contribution in [0, 0.1) is 16.7 Å². The molecular formula is C14H24O. The van der Waals surface area contributed by atoms with Crippen molar-refractivity contribution in [3.63, 3.8) is 0 Å². The van der Waals surface area contributed by atoms with E-state index in [4.69, 9.17) is 0 Å². The van der Waals surface area contributed by atoms with Gasteiger partial charge in [-0.3, -0.25) is 4.79 Å². The van der Waals surface area contributed by atoms with Crippen LogP contribution in [0.15, 0.2) is 0 Å². The molecule has 0 aromatic carbocycles. The van der Waals surface area contributed by atoms with Crippen LogP contribution in [-0.2, 0) is 4.79 Å². The molecule has 0 bridgehead atoms. The lowest BCUT2D eigenvalue weighted by atomic mass is 9.56. The highest BCUT2D eigenvalue weighted by atomic mass is 16.1. The lowest BCUT2D eigenvalue weighted by Gasteiger charge is -2.48. The first kappa shape index (κ1) is 11.2. The fourth-order valence-electron chi connectivity index (χ4n) is 4.01. The van der Waals surface area contributed by atoms with Crippen LogP contribution < -0.4 is 0 Å². The van der Waals surface area contributed by atoms with E-state index in [9.17, 15) is 4.79 Å². The van der Waals surface area contributed by atoms with Gasteiger partial charge >= 0.3 is 0 Å². The molecule has 2 rings (SSSR count). The fraction of sp³-hybridized carbons (Fsp3) is 0.929. The Balaban J connectivity index is 2.24. The van der Waals surface area contributed by atoms with Gasteiger partial charge in [0.25, 0.3) is 0 Å². The average molecular weight is 208 g/mol. The standard InChI is InChI=1S/C14H24O/c1-13(2,3)12-10-11(15)6-9-14(12)7-4-5-8-14/h12H,4-10H2,1-3H3. The number of hydrogen-bond donors (Lipinski definition) is 0. The molecule has 1 heteroatoms. The minimum absolute atomic E-state index is 0.306. The third-order valence-electron chi connectivity index (χ3n) is 4.72. The van der Waals surface area contributed by atoms with E-state index in [-0.39, 0.29) is 0 Å². The van der Waals surface area contributed by atoms with Crippen LogP contribution in [-0.4, -0.2) is 5.78 Å².